The molecule has 116 valence electrons. The third kappa shape index (κ3) is 4.96. The molecule has 1 heterocycles. The van der Waals surface area contributed by atoms with Gasteiger partial charge in [0.05, 0.1) is 11.2 Å². The number of rotatable bonds is 7. The van der Waals surface area contributed by atoms with E-state index in [0.717, 1.165) is 12.1 Å². The summed E-state index contributed by atoms with van der Waals surface area (Å²) in [5.41, 5.74) is 3.97. The van der Waals surface area contributed by atoms with Gasteiger partial charge in [-0.1, -0.05) is 6.92 Å². The van der Waals surface area contributed by atoms with Gasteiger partial charge in [-0.3, -0.25) is 9.59 Å². The highest BCUT2D eigenvalue weighted by molar-refractivity contribution is 7.07. The number of aromatic nitrogens is 1. The highest BCUT2D eigenvalue weighted by Crippen LogP contribution is 2.11. The maximum absolute atomic E-state index is 11.9. The summed E-state index contributed by atoms with van der Waals surface area (Å²) in [4.78, 5) is 27.8. The summed E-state index contributed by atoms with van der Waals surface area (Å²) >= 11 is 1.52. The van der Waals surface area contributed by atoms with Crippen molar-refractivity contribution in [2.75, 3.05) is 11.9 Å². The lowest BCUT2D eigenvalue weighted by Crippen LogP contribution is -2.23. The molecule has 0 aliphatic carbocycles. The van der Waals surface area contributed by atoms with Crippen LogP contribution in [-0.4, -0.2) is 23.3 Å². The van der Waals surface area contributed by atoms with Gasteiger partial charge in [-0.2, -0.15) is 0 Å². The molecule has 2 rings (SSSR count). The van der Waals surface area contributed by atoms with Crippen molar-refractivity contribution < 1.29 is 9.59 Å². The zero-order chi connectivity index (χ0) is 15.8. The van der Waals surface area contributed by atoms with Gasteiger partial charge in [0.15, 0.2) is 0 Å². The van der Waals surface area contributed by atoms with Crippen LogP contribution >= 0.6 is 11.3 Å². The largest absolute Gasteiger partial charge is 0.352 e. The number of amides is 2. The SMILES string of the molecule is CCCNC(=O)c1ccc(NC(=O)CCc2cscn2)cc1. The second kappa shape index (κ2) is 8.29. The topological polar surface area (TPSA) is 71.1 Å². The Morgan fingerprint density at radius 1 is 1.23 bits per heavy atom. The van der Waals surface area contributed by atoms with Crippen molar-refractivity contribution in [2.45, 2.75) is 26.2 Å². The van der Waals surface area contributed by atoms with E-state index in [9.17, 15) is 9.59 Å². The van der Waals surface area contributed by atoms with E-state index in [0.29, 0.717) is 30.6 Å². The van der Waals surface area contributed by atoms with Crippen LogP contribution in [-0.2, 0) is 11.2 Å². The Labute approximate surface area is 133 Å². The zero-order valence-corrected chi connectivity index (χ0v) is 13.3. The molecular formula is C16H19N3O2S. The van der Waals surface area contributed by atoms with E-state index < -0.39 is 0 Å². The van der Waals surface area contributed by atoms with E-state index in [2.05, 4.69) is 15.6 Å². The molecule has 0 radical (unpaired) electrons. The van der Waals surface area contributed by atoms with Crippen molar-refractivity contribution in [2.24, 2.45) is 0 Å². The fourth-order valence-electron chi connectivity index (χ4n) is 1.87. The van der Waals surface area contributed by atoms with Crippen molar-refractivity contribution in [3.05, 3.63) is 46.4 Å². The van der Waals surface area contributed by atoms with E-state index in [1.807, 2.05) is 12.3 Å². The summed E-state index contributed by atoms with van der Waals surface area (Å²) in [5, 5.41) is 7.57. The van der Waals surface area contributed by atoms with Crippen LogP contribution in [0.5, 0.6) is 0 Å². The molecule has 0 unspecified atom stereocenters. The van der Waals surface area contributed by atoms with Gasteiger partial charge in [0, 0.05) is 29.6 Å². The lowest BCUT2D eigenvalue weighted by molar-refractivity contribution is -0.116. The molecule has 0 saturated heterocycles. The van der Waals surface area contributed by atoms with Crippen molar-refractivity contribution in [1.82, 2.24) is 10.3 Å². The number of thiazole rings is 1. The van der Waals surface area contributed by atoms with Gasteiger partial charge in [0.2, 0.25) is 5.91 Å². The van der Waals surface area contributed by atoms with Crippen LogP contribution < -0.4 is 10.6 Å². The van der Waals surface area contributed by atoms with Crippen molar-refractivity contribution in [1.29, 1.82) is 0 Å². The third-order valence-electron chi connectivity index (χ3n) is 3.06. The lowest BCUT2D eigenvalue weighted by atomic mass is 10.2. The van der Waals surface area contributed by atoms with Crippen LogP contribution in [0.1, 0.15) is 35.8 Å². The molecule has 22 heavy (non-hydrogen) atoms. The Hall–Kier alpha value is -2.21. The Morgan fingerprint density at radius 3 is 2.64 bits per heavy atom. The summed E-state index contributed by atoms with van der Waals surface area (Å²) in [7, 11) is 0. The molecule has 0 atom stereocenters. The second-order valence-electron chi connectivity index (χ2n) is 4.86. The number of nitrogens with one attached hydrogen (secondary N) is 2. The van der Waals surface area contributed by atoms with Crippen molar-refractivity contribution >= 4 is 28.8 Å². The highest BCUT2D eigenvalue weighted by Gasteiger charge is 2.07. The van der Waals surface area contributed by atoms with Gasteiger partial charge in [0.1, 0.15) is 0 Å². The average Bonchev–Trinajstić information content (AvgIpc) is 3.05. The summed E-state index contributed by atoms with van der Waals surface area (Å²) in [6, 6.07) is 6.89. The van der Waals surface area contributed by atoms with Crippen molar-refractivity contribution in [3.8, 4) is 0 Å². The molecule has 6 heteroatoms. The molecular weight excluding hydrogens is 298 g/mol. The van der Waals surface area contributed by atoms with E-state index in [1.54, 1.807) is 29.8 Å². The first-order valence-corrected chi connectivity index (χ1v) is 8.18. The number of anilines is 1. The van der Waals surface area contributed by atoms with E-state index >= 15 is 0 Å². The third-order valence-corrected chi connectivity index (χ3v) is 3.69. The van der Waals surface area contributed by atoms with Crippen LogP contribution in [0.3, 0.4) is 0 Å². The molecule has 2 amide bonds. The predicted molar refractivity (Wildman–Crippen MR) is 88.1 cm³/mol. The zero-order valence-electron chi connectivity index (χ0n) is 12.5. The fraction of sp³-hybridized carbons (Fsp3) is 0.312. The molecule has 1 aromatic carbocycles. The minimum atomic E-state index is -0.0942. The number of carbonyl (C=O) groups excluding carboxylic acids is 2. The van der Waals surface area contributed by atoms with Crippen LogP contribution in [0, 0.1) is 0 Å². The maximum atomic E-state index is 11.9. The lowest BCUT2D eigenvalue weighted by Gasteiger charge is -2.07. The molecule has 5 nitrogen and oxygen atoms in total. The summed E-state index contributed by atoms with van der Waals surface area (Å²) < 4.78 is 0. The fourth-order valence-corrected chi connectivity index (χ4v) is 2.46. The molecule has 2 N–H and O–H groups in total. The molecule has 1 aromatic heterocycles. The quantitative estimate of drug-likeness (QED) is 0.825. The Morgan fingerprint density at radius 2 is 2.00 bits per heavy atom. The minimum absolute atomic E-state index is 0.0591. The number of benzene rings is 1. The number of nitrogens with zero attached hydrogens (tertiary/aromatic N) is 1. The normalized spacial score (nSPS) is 10.2. The molecule has 0 spiro atoms. The molecule has 0 aliphatic rings. The Balaban J connectivity index is 1.82. The van der Waals surface area contributed by atoms with E-state index in [-0.39, 0.29) is 11.8 Å². The van der Waals surface area contributed by atoms with Gasteiger partial charge in [0.25, 0.3) is 5.91 Å². The monoisotopic (exact) mass is 317 g/mol. The smallest absolute Gasteiger partial charge is 0.251 e. The Kier molecular flexibility index (Phi) is 6.09. The minimum Gasteiger partial charge on any atom is -0.352 e. The predicted octanol–water partition coefficient (Wildman–Crippen LogP) is 2.85. The standard InChI is InChI=1S/C16H19N3O2S/c1-2-9-17-16(21)12-3-5-13(6-4-12)19-15(20)8-7-14-10-22-11-18-14/h3-6,10-11H,2,7-9H2,1H3,(H,17,21)(H,19,20). The van der Waals surface area contributed by atoms with Gasteiger partial charge in [-0.25, -0.2) is 4.98 Å². The van der Waals surface area contributed by atoms with Crippen LogP contribution in [0.25, 0.3) is 0 Å². The first-order valence-electron chi connectivity index (χ1n) is 7.24. The molecule has 0 fully saturated rings. The molecule has 0 saturated carbocycles. The van der Waals surface area contributed by atoms with Crippen LogP contribution in [0.15, 0.2) is 35.2 Å². The molecule has 0 aliphatic heterocycles. The molecule has 0 bridgehead atoms. The molecule has 2 aromatic rings. The maximum Gasteiger partial charge on any atom is 0.251 e. The highest BCUT2D eigenvalue weighted by atomic mass is 32.1. The van der Waals surface area contributed by atoms with Gasteiger partial charge in [-0.15, -0.1) is 11.3 Å². The first kappa shape index (κ1) is 16.2. The second-order valence-corrected chi connectivity index (χ2v) is 5.58. The van der Waals surface area contributed by atoms with Gasteiger partial charge < -0.3 is 10.6 Å². The number of hydrogen-bond acceptors (Lipinski definition) is 4. The summed E-state index contributed by atoms with van der Waals surface area (Å²) in [5.74, 6) is -0.153. The first-order chi connectivity index (χ1) is 10.7. The number of aryl methyl sites for hydroxylation is 1. The summed E-state index contributed by atoms with van der Waals surface area (Å²) in [6.07, 6.45) is 1.92. The number of carbonyl (C=O) groups is 2. The Bertz CT molecular complexity index is 609. The van der Waals surface area contributed by atoms with E-state index in [1.165, 1.54) is 11.3 Å². The van der Waals surface area contributed by atoms with Gasteiger partial charge in [-0.05, 0) is 37.1 Å². The van der Waals surface area contributed by atoms with Crippen LogP contribution in [0.2, 0.25) is 0 Å². The number of hydrogen-bond donors (Lipinski definition) is 2. The van der Waals surface area contributed by atoms with Crippen LogP contribution in [0.4, 0.5) is 5.69 Å². The average molecular weight is 317 g/mol. The summed E-state index contributed by atoms with van der Waals surface area (Å²) in [6.45, 7) is 2.67. The van der Waals surface area contributed by atoms with Crippen molar-refractivity contribution in [3.63, 3.8) is 0 Å². The van der Waals surface area contributed by atoms with E-state index in [4.69, 9.17) is 0 Å². The van der Waals surface area contributed by atoms with Gasteiger partial charge >= 0.3 is 0 Å².